The highest BCUT2D eigenvalue weighted by atomic mass is 16.2. The molecule has 1 atom stereocenters. The van der Waals surface area contributed by atoms with Crippen LogP contribution >= 0.6 is 0 Å². The van der Waals surface area contributed by atoms with Crippen molar-refractivity contribution in [3.63, 3.8) is 0 Å². The standard InChI is InChI=1S/C25H26N4O2/c30-23-21-9-5-4-8-20(21)22(27-28-23)17-11-25(12-17)13-19(14-25)29-15-18(26-24(29)31)10-16-6-2-1-3-7-16/h1-9,17-19H,10-15H2,(H,26,31)(H,28,30)/t17?,18-,19?,25?/m1/s1. The van der Waals surface area contributed by atoms with Gasteiger partial charge in [-0.1, -0.05) is 48.5 Å². The summed E-state index contributed by atoms with van der Waals surface area (Å²) in [7, 11) is 0. The second kappa shape index (κ2) is 6.94. The van der Waals surface area contributed by atoms with E-state index in [1.807, 2.05) is 42.5 Å². The molecule has 0 radical (unpaired) electrons. The fourth-order valence-electron chi connectivity index (χ4n) is 6.07. The van der Waals surface area contributed by atoms with E-state index in [-0.39, 0.29) is 17.6 Å². The number of benzene rings is 2. The maximum Gasteiger partial charge on any atom is 0.318 e. The maximum atomic E-state index is 12.6. The van der Waals surface area contributed by atoms with E-state index in [0.717, 1.165) is 55.1 Å². The Kier molecular flexibility index (Phi) is 4.16. The molecule has 2 saturated carbocycles. The summed E-state index contributed by atoms with van der Waals surface area (Å²) in [6.07, 6.45) is 5.23. The quantitative estimate of drug-likeness (QED) is 0.685. The lowest BCUT2D eigenvalue weighted by Crippen LogP contribution is -2.56. The van der Waals surface area contributed by atoms with Gasteiger partial charge in [0.2, 0.25) is 0 Å². The van der Waals surface area contributed by atoms with Crippen LogP contribution < -0.4 is 10.9 Å². The molecule has 1 aromatic heterocycles. The predicted octanol–water partition coefficient (Wildman–Crippen LogP) is 3.59. The number of amides is 2. The fraction of sp³-hybridized carbons (Fsp3) is 0.400. The first-order valence-electron chi connectivity index (χ1n) is 11.2. The van der Waals surface area contributed by atoms with Crippen molar-refractivity contribution < 1.29 is 4.79 Å². The third-order valence-corrected chi connectivity index (χ3v) is 7.58. The zero-order valence-corrected chi connectivity index (χ0v) is 17.4. The van der Waals surface area contributed by atoms with Gasteiger partial charge in [-0.25, -0.2) is 9.89 Å². The molecule has 1 saturated heterocycles. The van der Waals surface area contributed by atoms with Gasteiger partial charge in [0.05, 0.1) is 17.1 Å². The number of H-pyrrole nitrogens is 1. The van der Waals surface area contributed by atoms with E-state index in [2.05, 4.69) is 32.5 Å². The minimum Gasteiger partial charge on any atom is -0.333 e. The van der Waals surface area contributed by atoms with Crippen molar-refractivity contribution in [3.05, 3.63) is 76.2 Å². The van der Waals surface area contributed by atoms with Gasteiger partial charge in [0.15, 0.2) is 0 Å². The second-order valence-electron chi connectivity index (χ2n) is 9.64. The normalized spacial score (nSPS) is 29.6. The molecule has 31 heavy (non-hydrogen) atoms. The van der Waals surface area contributed by atoms with E-state index >= 15 is 0 Å². The van der Waals surface area contributed by atoms with Crippen molar-refractivity contribution in [2.24, 2.45) is 5.41 Å². The first-order valence-corrected chi connectivity index (χ1v) is 11.2. The number of carbonyl (C=O) groups is 1. The molecule has 2 amide bonds. The van der Waals surface area contributed by atoms with E-state index in [4.69, 9.17) is 0 Å². The molecule has 3 aromatic rings. The summed E-state index contributed by atoms with van der Waals surface area (Å²) in [4.78, 5) is 26.7. The van der Waals surface area contributed by atoms with Gasteiger partial charge < -0.3 is 10.2 Å². The summed E-state index contributed by atoms with van der Waals surface area (Å²) < 4.78 is 0. The van der Waals surface area contributed by atoms with Crippen LogP contribution in [-0.2, 0) is 6.42 Å². The smallest absolute Gasteiger partial charge is 0.318 e. The van der Waals surface area contributed by atoms with E-state index in [1.54, 1.807) is 0 Å². The maximum absolute atomic E-state index is 12.6. The Labute approximate surface area is 180 Å². The summed E-state index contributed by atoms with van der Waals surface area (Å²) in [6.45, 7) is 0.796. The highest BCUT2D eigenvalue weighted by Crippen LogP contribution is 2.63. The first kappa shape index (κ1) is 18.6. The monoisotopic (exact) mass is 414 g/mol. The number of rotatable bonds is 4. The Bertz CT molecular complexity index is 1190. The fourth-order valence-corrected chi connectivity index (χ4v) is 6.07. The molecule has 0 unspecified atom stereocenters. The molecule has 2 N–H and O–H groups in total. The molecule has 3 aliphatic rings. The molecule has 6 heteroatoms. The predicted molar refractivity (Wildman–Crippen MR) is 119 cm³/mol. The Morgan fingerprint density at radius 1 is 0.935 bits per heavy atom. The molecule has 6 rings (SSSR count). The van der Waals surface area contributed by atoms with Crippen LogP contribution in [0.1, 0.15) is 42.9 Å². The Morgan fingerprint density at radius 2 is 1.65 bits per heavy atom. The van der Waals surface area contributed by atoms with Gasteiger partial charge in [-0.05, 0) is 49.1 Å². The lowest BCUT2D eigenvalue weighted by Gasteiger charge is -2.59. The van der Waals surface area contributed by atoms with Crippen molar-refractivity contribution in [2.75, 3.05) is 6.54 Å². The van der Waals surface area contributed by atoms with Crippen LogP contribution in [-0.4, -0.2) is 39.8 Å². The summed E-state index contributed by atoms with van der Waals surface area (Å²) >= 11 is 0. The number of hydrogen-bond acceptors (Lipinski definition) is 3. The van der Waals surface area contributed by atoms with E-state index in [1.165, 1.54) is 5.56 Å². The van der Waals surface area contributed by atoms with Gasteiger partial charge in [-0.3, -0.25) is 4.79 Å². The molecule has 2 aromatic carbocycles. The highest BCUT2D eigenvalue weighted by molar-refractivity contribution is 5.84. The van der Waals surface area contributed by atoms with E-state index in [9.17, 15) is 9.59 Å². The first-order chi connectivity index (χ1) is 15.1. The zero-order chi connectivity index (χ0) is 21.0. The molecule has 158 valence electrons. The minimum atomic E-state index is -0.123. The highest BCUT2D eigenvalue weighted by Gasteiger charge is 2.56. The molecule has 1 spiro atoms. The largest absolute Gasteiger partial charge is 0.333 e. The van der Waals surface area contributed by atoms with Crippen molar-refractivity contribution in [1.82, 2.24) is 20.4 Å². The molecule has 2 heterocycles. The minimum absolute atomic E-state index is 0.0879. The molecular formula is C25H26N4O2. The molecule has 1 aliphatic heterocycles. The number of nitrogens with one attached hydrogen (secondary N) is 2. The van der Waals surface area contributed by atoms with Crippen LogP contribution in [0, 0.1) is 5.41 Å². The van der Waals surface area contributed by atoms with Gasteiger partial charge in [-0.15, -0.1) is 0 Å². The van der Waals surface area contributed by atoms with E-state index in [0.29, 0.717) is 17.4 Å². The summed E-state index contributed by atoms with van der Waals surface area (Å²) in [5.74, 6) is 0.390. The van der Waals surface area contributed by atoms with Crippen LogP contribution in [0.25, 0.3) is 10.8 Å². The van der Waals surface area contributed by atoms with Gasteiger partial charge in [0, 0.05) is 23.9 Å². The zero-order valence-electron chi connectivity index (χ0n) is 17.4. The van der Waals surface area contributed by atoms with Gasteiger partial charge in [0.25, 0.3) is 5.56 Å². The number of carbonyl (C=O) groups excluding carboxylic acids is 1. The Hall–Kier alpha value is -3.15. The summed E-state index contributed by atoms with van der Waals surface area (Å²) in [5, 5.41) is 11.9. The van der Waals surface area contributed by atoms with Gasteiger partial charge in [-0.2, -0.15) is 5.10 Å². The number of hydrogen-bond donors (Lipinski definition) is 2. The van der Waals surface area contributed by atoms with E-state index < -0.39 is 0 Å². The second-order valence-corrected chi connectivity index (χ2v) is 9.64. The van der Waals surface area contributed by atoms with Crippen LogP contribution in [0.4, 0.5) is 4.79 Å². The van der Waals surface area contributed by atoms with Gasteiger partial charge >= 0.3 is 6.03 Å². The molecular weight excluding hydrogens is 388 g/mol. The van der Waals surface area contributed by atoms with Gasteiger partial charge in [0.1, 0.15) is 0 Å². The molecule has 0 bridgehead atoms. The third-order valence-electron chi connectivity index (χ3n) is 7.58. The average molecular weight is 415 g/mol. The van der Waals surface area contributed by atoms with Crippen LogP contribution in [0.15, 0.2) is 59.4 Å². The van der Waals surface area contributed by atoms with Crippen molar-refractivity contribution in [3.8, 4) is 0 Å². The number of aromatic nitrogens is 2. The summed E-state index contributed by atoms with van der Waals surface area (Å²) in [5.41, 5.74) is 2.50. The molecule has 3 fully saturated rings. The topological polar surface area (TPSA) is 78.1 Å². The van der Waals surface area contributed by atoms with Crippen LogP contribution in [0.5, 0.6) is 0 Å². The lowest BCUT2D eigenvalue weighted by atomic mass is 9.49. The number of nitrogens with zero attached hydrogens (tertiary/aromatic N) is 2. The summed E-state index contributed by atoms with van der Waals surface area (Å²) in [6, 6.07) is 18.7. The van der Waals surface area contributed by atoms with Crippen molar-refractivity contribution in [2.45, 2.75) is 50.1 Å². The van der Waals surface area contributed by atoms with Crippen molar-refractivity contribution >= 4 is 16.8 Å². The third kappa shape index (κ3) is 3.12. The number of urea groups is 1. The van der Waals surface area contributed by atoms with Crippen LogP contribution in [0.2, 0.25) is 0 Å². The number of aromatic amines is 1. The number of fused-ring (bicyclic) bond motifs is 1. The molecule has 2 aliphatic carbocycles. The van der Waals surface area contributed by atoms with Crippen LogP contribution in [0.3, 0.4) is 0 Å². The Balaban J connectivity index is 1.08. The Morgan fingerprint density at radius 3 is 2.42 bits per heavy atom. The lowest BCUT2D eigenvalue weighted by molar-refractivity contribution is -0.0515. The molecule has 6 nitrogen and oxygen atoms in total. The van der Waals surface area contributed by atoms with Crippen molar-refractivity contribution in [1.29, 1.82) is 0 Å². The average Bonchev–Trinajstić information content (AvgIpc) is 3.08. The SMILES string of the molecule is O=C1N[C@H](Cc2ccccc2)CN1C1CC2(CC(c3n[nH]c(=O)c4ccccc34)C2)C1.